The second-order valence-corrected chi connectivity index (χ2v) is 8.57. The first kappa shape index (κ1) is 15.8. The van der Waals surface area contributed by atoms with Crippen LogP contribution in [0.5, 0.6) is 0 Å². The number of hydrogen-bond donors (Lipinski definition) is 0. The molecule has 1 amide bonds. The van der Waals surface area contributed by atoms with Crippen molar-refractivity contribution in [2.75, 3.05) is 13.1 Å². The van der Waals surface area contributed by atoms with Crippen molar-refractivity contribution in [3.05, 3.63) is 28.2 Å². The lowest BCUT2D eigenvalue weighted by atomic mass is 9.98. The number of halogens is 2. The summed E-state index contributed by atoms with van der Waals surface area (Å²) in [6.07, 6.45) is 1.95. The van der Waals surface area contributed by atoms with E-state index < -0.39 is 9.05 Å². The molecule has 0 aliphatic carbocycles. The Morgan fingerprint density at radius 1 is 1.30 bits per heavy atom. The predicted molar refractivity (Wildman–Crippen MR) is 81.5 cm³/mol. The maximum atomic E-state index is 12.4. The van der Waals surface area contributed by atoms with Gasteiger partial charge in [-0.3, -0.25) is 4.79 Å². The summed E-state index contributed by atoms with van der Waals surface area (Å²) in [7, 11) is 1.49. The number of benzene rings is 1. The van der Waals surface area contributed by atoms with E-state index in [-0.39, 0.29) is 10.8 Å². The molecule has 0 unspecified atom stereocenters. The zero-order chi connectivity index (χ0) is 14.9. The third kappa shape index (κ3) is 3.74. The minimum Gasteiger partial charge on any atom is -0.339 e. The molecular weight excluding hydrogens is 366 g/mol. The van der Waals surface area contributed by atoms with Crippen LogP contribution in [0.1, 0.15) is 30.1 Å². The Kier molecular flexibility index (Phi) is 4.76. The Hall–Kier alpha value is -0.590. The molecule has 1 aromatic carbocycles. The van der Waals surface area contributed by atoms with Crippen LogP contribution < -0.4 is 0 Å². The monoisotopic (exact) mass is 379 g/mol. The summed E-state index contributed by atoms with van der Waals surface area (Å²) in [6, 6.07) is 4.33. The summed E-state index contributed by atoms with van der Waals surface area (Å²) in [5.41, 5.74) is 0.341. The first-order valence-corrected chi connectivity index (χ1v) is 9.42. The van der Waals surface area contributed by atoms with Crippen LogP contribution in [0.3, 0.4) is 0 Å². The van der Waals surface area contributed by atoms with E-state index in [4.69, 9.17) is 10.7 Å². The van der Waals surface area contributed by atoms with Crippen molar-refractivity contribution in [1.82, 2.24) is 4.90 Å². The van der Waals surface area contributed by atoms with Gasteiger partial charge in [0.2, 0.25) is 0 Å². The topological polar surface area (TPSA) is 54.5 Å². The van der Waals surface area contributed by atoms with Crippen molar-refractivity contribution in [3.63, 3.8) is 0 Å². The fourth-order valence-corrected chi connectivity index (χ4v) is 3.67. The molecule has 0 spiro atoms. The van der Waals surface area contributed by atoms with Gasteiger partial charge in [-0.1, -0.05) is 22.9 Å². The molecule has 20 heavy (non-hydrogen) atoms. The van der Waals surface area contributed by atoms with Gasteiger partial charge in [0.05, 0.1) is 4.90 Å². The highest BCUT2D eigenvalue weighted by atomic mass is 79.9. The summed E-state index contributed by atoms with van der Waals surface area (Å²) in [6.45, 7) is 3.57. The number of rotatable bonds is 2. The van der Waals surface area contributed by atoms with Crippen LogP contribution >= 0.6 is 26.6 Å². The van der Waals surface area contributed by atoms with Crippen molar-refractivity contribution >= 4 is 41.6 Å². The highest BCUT2D eigenvalue weighted by Crippen LogP contribution is 2.24. The van der Waals surface area contributed by atoms with Gasteiger partial charge in [-0.05, 0) is 37.0 Å². The zero-order valence-corrected chi connectivity index (χ0v) is 14.1. The second-order valence-electron chi connectivity index (χ2n) is 5.09. The molecule has 1 aromatic rings. The van der Waals surface area contributed by atoms with Gasteiger partial charge in [0.25, 0.3) is 15.0 Å². The summed E-state index contributed by atoms with van der Waals surface area (Å²) in [5, 5.41) is 0. The molecule has 7 heteroatoms. The molecule has 0 aromatic heterocycles. The Morgan fingerprint density at radius 2 is 1.90 bits per heavy atom. The Morgan fingerprint density at radius 3 is 2.45 bits per heavy atom. The number of nitrogens with zero attached hydrogens (tertiary/aromatic N) is 1. The predicted octanol–water partition coefficient (Wildman–Crippen LogP) is 3.25. The van der Waals surface area contributed by atoms with E-state index in [1.54, 1.807) is 11.0 Å². The van der Waals surface area contributed by atoms with E-state index in [1.807, 2.05) is 0 Å². The van der Waals surface area contributed by atoms with Gasteiger partial charge in [0.1, 0.15) is 0 Å². The third-order valence-corrected chi connectivity index (χ3v) is 5.26. The fraction of sp³-hybridized carbons (Fsp3) is 0.462. The number of hydrogen-bond acceptors (Lipinski definition) is 3. The SMILES string of the molecule is CC1CCN(C(=O)c2cc(Br)cc(S(=O)(=O)Cl)c2)CC1. The number of amides is 1. The molecule has 0 bridgehead atoms. The average molecular weight is 381 g/mol. The normalized spacial score (nSPS) is 17.2. The largest absolute Gasteiger partial charge is 0.339 e. The van der Waals surface area contributed by atoms with Gasteiger partial charge in [0.15, 0.2) is 0 Å². The van der Waals surface area contributed by atoms with Crippen LogP contribution in [-0.4, -0.2) is 32.3 Å². The van der Waals surface area contributed by atoms with Crippen LogP contribution in [0.4, 0.5) is 0 Å². The Balaban J connectivity index is 2.28. The molecular formula is C13H15BrClNO3S. The molecule has 0 radical (unpaired) electrons. The van der Waals surface area contributed by atoms with Crippen molar-refractivity contribution in [2.45, 2.75) is 24.7 Å². The smallest absolute Gasteiger partial charge is 0.261 e. The summed E-state index contributed by atoms with van der Waals surface area (Å²) in [5.74, 6) is 0.472. The maximum absolute atomic E-state index is 12.4. The highest BCUT2D eigenvalue weighted by molar-refractivity contribution is 9.10. The van der Waals surface area contributed by atoms with E-state index in [1.165, 1.54) is 12.1 Å². The van der Waals surface area contributed by atoms with Crippen molar-refractivity contribution in [2.24, 2.45) is 5.92 Å². The summed E-state index contributed by atoms with van der Waals surface area (Å²) < 4.78 is 23.3. The van der Waals surface area contributed by atoms with E-state index in [2.05, 4.69) is 22.9 Å². The van der Waals surface area contributed by atoms with Gasteiger partial charge >= 0.3 is 0 Å². The van der Waals surface area contributed by atoms with Gasteiger partial charge in [-0.25, -0.2) is 8.42 Å². The molecule has 1 heterocycles. The van der Waals surface area contributed by atoms with Crippen molar-refractivity contribution in [1.29, 1.82) is 0 Å². The lowest BCUT2D eigenvalue weighted by Crippen LogP contribution is -2.37. The maximum Gasteiger partial charge on any atom is 0.261 e. The number of piperidine rings is 1. The van der Waals surface area contributed by atoms with Crippen LogP contribution in [-0.2, 0) is 9.05 Å². The number of carbonyl (C=O) groups is 1. The van der Waals surface area contributed by atoms with Gasteiger partial charge < -0.3 is 4.90 Å². The molecule has 110 valence electrons. The minimum atomic E-state index is -3.85. The first-order chi connectivity index (χ1) is 9.27. The van der Waals surface area contributed by atoms with E-state index in [0.29, 0.717) is 29.0 Å². The summed E-state index contributed by atoms with van der Waals surface area (Å²) >= 11 is 3.21. The molecule has 1 fully saturated rings. The third-order valence-electron chi connectivity index (χ3n) is 3.47. The zero-order valence-electron chi connectivity index (χ0n) is 11.0. The van der Waals surface area contributed by atoms with E-state index in [9.17, 15) is 13.2 Å². The quantitative estimate of drug-likeness (QED) is 0.740. The van der Waals surface area contributed by atoms with Gasteiger partial charge in [-0.2, -0.15) is 0 Å². The van der Waals surface area contributed by atoms with Crippen LogP contribution in [0.25, 0.3) is 0 Å². The van der Waals surface area contributed by atoms with Gasteiger partial charge in [0, 0.05) is 33.8 Å². The lowest BCUT2D eigenvalue weighted by Gasteiger charge is -2.30. The number of likely N-dealkylation sites (tertiary alicyclic amines) is 1. The Labute approximate surface area is 131 Å². The van der Waals surface area contributed by atoms with E-state index >= 15 is 0 Å². The molecule has 1 aliphatic rings. The Bertz CT molecular complexity index is 625. The molecule has 4 nitrogen and oxygen atoms in total. The standard InChI is InChI=1S/C13H15BrClNO3S/c1-9-2-4-16(5-3-9)13(17)10-6-11(14)8-12(7-10)20(15,18)19/h6-9H,2-5H2,1H3. The van der Waals surface area contributed by atoms with E-state index in [0.717, 1.165) is 12.8 Å². The molecule has 0 saturated carbocycles. The first-order valence-electron chi connectivity index (χ1n) is 6.32. The fourth-order valence-electron chi connectivity index (χ4n) is 2.22. The minimum absolute atomic E-state index is 0.0673. The second kappa shape index (κ2) is 6.03. The average Bonchev–Trinajstić information content (AvgIpc) is 2.37. The summed E-state index contributed by atoms with van der Waals surface area (Å²) in [4.78, 5) is 14.1. The van der Waals surface area contributed by atoms with Crippen LogP contribution in [0.15, 0.2) is 27.6 Å². The van der Waals surface area contributed by atoms with Crippen LogP contribution in [0.2, 0.25) is 0 Å². The molecule has 0 N–H and O–H groups in total. The van der Waals surface area contributed by atoms with Crippen molar-refractivity contribution in [3.8, 4) is 0 Å². The molecule has 1 saturated heterocycles. The number of carbonyl (C=O) groups excluding carboxylic acids is 1. The molecule has 1 aliphatic heterocycles. The van der Waals surface area contributed by atoms with Gasteiger partial charge in [-0.15, -0.1) is 0 Å². The molecule has 2 rings (SSSR count). The lowest BCUT2D eigenvalue weighted by molar-refractivity contribution is 0.0697. The van der Waals surface area contributed by atoms with Crippen molar-refractivity contribution < 1.29 is 13.2 Å². The molecule has 0 atom stereocenters. The van der Waals surface area contributed by atoms with Crippen LogP contribution in [0, 0.1) is 5.92 Å². The highest BCUT2D eigenvalue weighted by Gasteiger charge is 2.23.